The molecule has 0 saturated carbocycles. The second kappa shape index (κ2) is 6.78. The fourth-order valence-corrected chi connectivity index (χ4v) is 3.43. The van der Waals surface area contributed by atoms with E-state index < -0.39 is 5.82 Å². The molecule has 0 saturated heterocycles. The van der Waals surface area contributed by atoms with Gasteiger partial charge < -0.3 is 0 Å². The van der Waals surface area contributed by atoms with Crippen LogP contribution in [0.15, 0.2) is 47.3 Å². The van der Waals surface area contributed by atoms with Gasteiger partial charge in [-0.1, -0.05) is 43.6 Å². The second-order valence-corrected chi connectivity index (χ2v) is 7.39. The normalized spacial score (nSPS) is 11.7. The molecule has 0 aliphatic carbocycles. The lowest BCUT2D eigenvalue weighted by Crippen LogP contribution is -2.28. The number of hydrogen-bond acceptors (Lipinski definition) is 3. The molecule has 0 bridgehead atoms. The molecule has 27 heavy (non-hydrogen) atoms. The number of rotatable bonds is 4. The van der Waals surface area contributed by atoms with Crippen LogP contribution in [-0.4, -0.2) is 19.2 Å². The quantitative estimate of drug-likeness (QED) is 0.532. The van der Waals surface area contributed by atoms with E-state index in [0.29, 0.717) is 29.4 Å². The first-order valence-corrected chi connectivity index (χ1v) is 9.13. The maximum absolute atomic E-state index is 13.4. The highest BCUT2D eigenvalue weighted by Gasteiger charge is 2.16. The maximum Gasteiger partial charge on any atom is 0.351 e. The summed E-state index contributed by atoms with van der Waals surface area (Å²) in [4.78, 5) is 17.7. The van der Waals surface area contributed by atoms with Crippen LogP contribution in [0.2, 0.25) is 5.02 Å². The molecule has 0 aliphatic heterocycles. The van der Waals surface area contributed by atoms with Crippen molar-refractivity contribution in [3.8, 4) is 0 Å². The Labute approximate surface area is 160 Å². The third-order valence-electron chi connectivity index (χ3n) is 4.43. The fraction of sp³-hybridized carbons (Fsp3) is 0.250. The Morgan fingerprint density at radius 3 is 2.70 bits per heavy atom. The van der Waals surface area contributed by atoms with Gasteiger partial charge in [-0.3, -0.25) is 4.57 Å². The van der Waals surface area contributed by atoms with Crippen LogP contribution in [-0.2, 0) is 13.0 Å². The molecule has 4 rings (SSSR count). The Balaban J connectivity index is 1.95. The lowest BCUT2D eigenvalue weighted by Gasteiger charge is -2.12. The first kappa shape index (κ1) is 17.7. The van der Waals surface area contributed by atoms with E-state index in [1.165, 1.54) is 16.6 Å². The summed E-state index contributed by atoms with van der Waals surface area (Å²) >= 11 is 6.17. The second-order valence-electron chi connectivity index (χ2n) is 6.98. The highest BCUT2D eigenvalue weighted by molar-refractivity contribution is 6.31. The van der Waals surface area contributed by atoms with Gasteiger partial charge in [0.25, 0.3) is 0 Å². The van der Waals surface area contributed by atoms with Crippen molar-refractivity contribution in [2.24, 2.45) is 5.92 Å². The molecule has 0 aliphatic rings. The van der Waals surface area contributed by atoms with E-state index in [9.17, 15) is 9.18 Å². The minimum absolute atomic E-state index is 0.216. The summed E-state index contributed by atoms with van der Waals surface area (Å²) in [5.74, 6) is 0.616. The van der Waals surface area contributed by atoms with Crippen molar-refractivity contribution in [2.75, 3.05) is 0 Å². The van der Waals surface area contributed by atoms with E-state index in [1.54, 1.807) is 10.6 Å². The number of nitrogens with zero attached hydrogens (tertiary/aromatic N) is 4. The van der Waals surface area contributed by atoms with E-state index in [-0.39, 0.29) is 17.3 Å². The van der Waals surface area contributed by atoms with Crippen molar-refractivity contribution < 1.29 is 4.39 Å². The minimum atomic E-state index is -0.411. The lowest BCUT2D eigenvalue weighted by molar-refractivity contribution is 0.615. The maximum atomic E-state index is 13.4. The molecule has 7 heteroatoms. The Morgan fingerprint density at radius 2 is 1.96 bits per heavy atom. The van der Waals surface area contributed by atoms with E-state index >= 15 is 0 Å². The molecule has 4 aromatic rings. The third-order valence-corrected chi connectivity index (χ3v) is 4.79. The highest BCUT2D eigenvalue weighted by Crippen LogP contribution is 2.22. The Hall–Kier alpha value is -2.73. The first-order chi connectivity index (χ1) is 12.9. The fourth-order valence-electron chi connectivity index (χ4n) is 3.20. The van der Waals surface area contributed by atoms with Gasteiger partial charge >= 0.3 is 5.69 Å². The van der Waals surface area contributed by atoms with Crippen LogP contribution < -0.4 is 5.69 Å². The average Bonchev–Trinajstić information content (AvgIpc) is 3.03. The van der Waals surface area contributed by atoms with Crippen molar-refractivity contribution >= 4 is 28.2 Å². The predicted molar refractivity (Wildman–Crippen MR) is 104 cm³/mol. The molecule has 2 heterocycles. The summed E-state index contributed by atoms with van der Waals surface area (Å²) < 4.78 is 16.3. The molecule has 0 N–H and O–H groups in total. The summed E-state index contributed by atoms with van der Waals surface area (Å²) in [6.07, 6.45) is 0.694. The van der Waals surface area contributed by atoms with E-state index in [2.05, 4.69) is 23.9 Å². The van der Waals surface area contributed by atoms with E-state index in [0.717, 1.165) is 10.9 Å². The molecular weight excluding hydrogens is 367 g/mol. The molecule has 2 aromatic carbocycles. The molecule has 138 valence electrons. The monoisotopic (exact) mass is 384 g/mol. The number of fused-ring (bicyclic) bond motifs is 3. The summed E-state index contributed by atoms with van der Waals surface area (Å²) in [7, 11) is 0. The zero-order valence-corrected chi connectivity index (χ0v) is 15.7. The van der Waals surface area contributed by atoms with Crippen molar-refractivity contribution in [2.45, 2.75) is 26.8 Å². The summed E-state index contributed by atoms with van der Waals surface area (Å²) in [6.45, 7) is 4.38. The first-order valence-electron chi connectivity index (χ1n) is 8.75. The van der Waals surface area contributed by atoms with Crippen LogP contribution >= 0.6 is 11.6 Å². The number of halogens is 2. The van der Waals surface area contributed by atoms with Crippen molar-refractivity contribution in [1.29, 1.82) is 0 Å². The number of para-hydroxylation sites is 1. The average molecular weight is 385 g/mol. The van der Waals surface area contributed by atoms with Gasteiger partial charge in [-0.25, -0.2) is 14.2 Å². The van der Waals surface area contributed by atoms with Crippen LogP contribution in [0, 0.1) is 11.7 Å². The van der Waals surface area contributed by atoms with Crippen LogP contribution in [0.5, 0.6) is 0 Å². The van der Waals surface area contributed by atoms with Gasteiger partial charge in [0.2, 0.25) is 0 Å². The van der Waals surface area contributed by atoms with Gasteiger partial charge in [0.15, 0.2) is 11.5 Å². The molecule has 2 aromatic heterocycles. The Morgan fingerprint density at radius 1 is 1.19 bits per heavy atom. The summed E-state index contributed by atoms with van der Waals surface area (Å²) in [6, 6.07) is 11.7. The molecule has 0 radical (unpaired) electrons. The summed E-state index contributed by atoms with van der Waals surface area (Å²) in [5, 5.41) is 5.53. The minimum Gasteiger partial charge on any atom is -0.287 e. The van der Waals surface area contributed by atoms with Gasteiger partial charge in [0.05, 0.1) is 12.1 Å². The topological polar surface area (TPSA) is 52.2 Å². The molecule has 5 nitrogen and oxygen atoms in total. The molecule has 0 unspecified atom stereocenters. The lowest BCUT2D eigenvalue weighted by atomic mass is 10.1. The number of benzene rings is 2. The van der Waals surface area contributed by atoms with Crippen LogP contribution in [0.3, 0.4) is 0 Å². The Kier molecular flexibility index (Phi) is 4.44. The van der Waals surface area contributed by atoms with Crippen LogP contribution in [0.1, 0.15) is 25.2 Å². The third kappa shape index (κ3) is 3.21. The van der Waals surface area contributed by atoms with E-state index in [1.807, 2.05) is 24.3 Å². The smallest absolute Gasteiger partial charge is 0.287 e. The largest absolute Gasteiger partial charge is 0.351 e. The molecular formula is C20H18ClFN4O. The van der Waals surface area contributed by atoms with Crippen molar-refractivity contribution in [3.05, 3.63) is 75.2 Å². The van der Waals surface area contributed by atoms with Gasteiger partial charge in [-0.05, 0) is 35.7 Å². The SMILES string of the molecule is CC(C)Cc1nc2c3ccccc3n(Cc3ccc(F)cc3Cl)c(=O)n2n1. The zero-order valence-electron chi connectivity index (χ0n) is 15.0. The zero-order chi connectivity index (χ0) is 19.1. The van der Waals surface area contributed by atoms with E-state index in [4.69, 9.17) is 11.6 Å². The molecule has 0 amide bonds. The van der Waals surface area contributed by atoms with Gasteiger partial charge in [-0.2, -0.15) is 4.52 Å². The van der Waals surface area contributed by atoms with Gasteiger partial charge in [-0.15, -0.1) is 5.10 Å². The standard InChI is InChI=1S/C20H18ClFN4O/c1-12(2)9-18-23-19-15-5-3-4-6-17(15)25(20(27)26(19)24-18)11-13-7-8-14(22)10-16(13)21/h3-8,10,12H,9,11H2,1-2H3. The van der Waals surface area contributed by atoms with Gasteiger partial charge in [0.1, 0.15) is 5.82 Å². The van der Waals surface area contributed by atoms with Gasteiger partial charge in [0, 0.05) is 16.8 Å². The van der Waals surface area contributed by atoms with Crippen LogP contribution in [0.25, 0.3) is 16.6 Å². The Bertz CT molecular complexity index is 1210. The number of aromatic nitrogens is 4. The molecule has 0 fully saturated rings. The van der Waals surface area contributed by atoms with Crippen molar-refractivity contribution in [1.82, 2.24) is 19.2 Å². The molecule has 0 spiro atoms. The number of hydrogen-bond donors (Lipinski definition) is 0. The molecule has 0 atom stereocenters. The van der Waals surface area contributed by atoms with Crippen molar-refractivity contribution in [3.63, 3.8) is 0 Å². The highest BCUT2D eigenvalue weighted by atomic mass is 35.5. The summed E-state index contributed by atoms with van der Waals surface area (Å²) in [5.41, 5.74) is 1.64. The van der Waals surface area contributed by atoms with Crippen LogP contribution in [0.4, 0.5) is 4.39 Å². The predicted octanol–water partition coefficient (Wildman–Crippen LogP) is 4.08.